The Morgan fingerprint density at radius 1 is 1.24 bits per heavy atom. The first-order valence-corrected chi connectivity index (χ1v) is 6.62. The number of aromatic nitrogens is 1. The molecule has 1 heterocycles. The molecule has 0 saturated heterocycles. The van der Waals surface area contributed by atoms with Crippen LogP contribution in [0.5, 0.6) is 0 Å². The minimum atomic E-state index is 0.589. The normalized spacial score (nSPS) is 10.6. The van der Waals surface area contributed by atoms with Gasteiger partial charge in [-0.15, -0.1) is 0 Å². The van der Waals surface area contributed by atoms with Gasteiger partial charge in [-0.1, -0.05) is 26.7 Å². The van der Waals surface area contributed by atoms with E-state index in [0.29, 0.717) is 6.54 Å². The zero-order chi connectivity index (χ0) is 12.7. The summed E-state index contributed by atoms with van der Waals surface area (Å²) in [6.07, 6.45) is 4.72. The lowest BCUT2D eigenvalue weighted by molar-refractivity contribution is 0.700. The summed E-state index contributed by atoms with van der Waals surface area (Å²) in [6, 6.07) is 4.20. The number of pyridine rings is 1. The Kier molecular flexibility index (Phi) is 5.98. The van der Waals surface area contributed by atoms with Gasteiger partial charge in [0.2, 0.25) is 0 Å². The monoisotopic (exact) mass is 235 g/mol. The van der Waals surface area contributed by atoms with Crippen molar-refractivity contribution in [3.63, 3.8) is 0 Å². The molecular weight excluding hydrogens is 210 g/mol. The van der Waals surface area contributed by atoms with Crippen LogP contribution in [0.2, 0.25) is 0 Å². The summed E-state index contributed by atoms with van der Waals surface area (Å²) in [4.78, 5) is 6.88. The molecule has 0 unspecified atom stereocenters. The van der Waals surface area contributed by atoms with E-state index in [1.54, 1.807) is 0 Å². The van der Waals surface area contributed by atoms with E-state index < -0.39 is 0 Å². The molecule has 0 atom stereocenters. The van der Waals surface area contributed by atoms with E-state index in [0.717, 1.165) is 24.5 Å². The fourth-order valence-electron chi connectivity index (χ4n) is 1.84. The van der Waals surface area contributed by atoms with Crippen LogP contribution in [0.1, 0.15) is 44.4 Å². The third-order valence-corrected chi connectivity index (χ3v) is 3.01. The van der Waals surface area contributed by atoms with Gasteiger partial charge in [0.05, 0.1) is 0 Å². The molecule has 96 valence electrons. The van der Waals surface area contributed by atoms with E-state index in [9.17, 15) is 0 Å². The molecule has 2 N–H and O–H groups in total. The Hall–Kier alpha value is -1.09. The third kappa shape index (κ3) is 4.35. The van der Waals surface area contributed by atoms with Gasteiger partial charge in [0.15, 0.2) is 0 Å². The highest BCUT2D eigenvalue weighted by Gasteiger charge is 2.05. The van der Waals surface area contributed by atoms with Gasteiger partial charge in [-0.05, 0) is 30.5 Å². The van der Waals surface area contributed by atoms with Crippen LogP contribution in [0.25, 0.3) is 0 Å². The molecule has 0 bridgehead atoms. The summed E-state index contributed by atoms with van der Waals surface area (Å²) in [5.41, 5.74) is 8.02. The van der Waals surface area contributed by atoms with Gasteiger partial charge in [0.1, 0.15) is 5.82 Å². The summed E-state index contributed by atoms with van der Waals surface area (Å²) in [7, 11) is 2.11. The molecule has 0 aliphatic carbocycles. The molecule has 0 aliphatic rings. The molecule has 0 amide bonds. The van der Waals surface area contributed by atoms with Crippen LogP contribution in [0.3, 0.4) is 0 Å². The quantitative estimate of drug-likeness (QED) is 0.739. The molecular formula is C14H25N3. The Morgan fingerprint density at radius 3 is 2.59 bits per heavy atom. The van der Waals surface area contributed by atoms with Crippen molar-refractivity contribution >= 4 is 5.82 Å². The number of unbranched alkanes of at least 4 members (excludes halogenated alkanes) is 2. The predicted octanol–water partition coefficient (Wildman–Crippen LogP) is 2.73. The van der Waals surface area contributed by atoms with E-state index in [1.165, 1.54) is 24.8 Å². The molecule has 1 rings (SSSR count). The van der Waals surface area contributed by atoms with E-state index in [-0.39, 0.29) is 0 Å². The van der Waals surface area contributed by atoms with Crippen molar-refractivity contribution < 1.29 is 0 Å². The molecule has 0 radical (unpaired) electrons. The van der Waals surface area contributed by atoms with Crippen LogP contribution >= 0.6 is 0 Å². The van der Waals surface area contributed by atoms with E-state index in [1.807, 2.05) is 0 Å². The SMILES string of the molecule is CCCCCN(C)c1cc(CN)cc(CC)n1. The van der Waals surface area contributed by atoms with Crippen molar-refractivity contribution in [3.05, 3.63) is 23.4 Å². The smallest absolute Gasteiger partial charge is 0.128 e. The maximum atomic E-state index is 5.72. The molecule has 0 aromatic carbocycles. The van der Waals surface area contributed by atoms with Gasteiger partial charge >= 0.3 is 0 Å². The molecule has 0 aliphatic heterocycles. The van der Waals surface area contributed by atoms with Gasteiger partial charge in [-0.2, -0.15) is 0 Å². The number of aryl methyl sites for hydroxylation is 1. The Labute approximate surface area is 105 Å². The molecule has 1 aromatic rings. The van der Waals surface area contributed by atoms with E-state index >= 15 is 0 Å². The number of nitrogens with two attached hydrogens (primary N) is 1. The second kappa shape index (κ2) is 7.28. The van der Waals surface area contributed by atoms with Crippen LogP contribution in [0.4, 0.5) is 5.82 Å². The Balaban J connectivity index is 2.73. The second-order valence-electron chi connectivity index (χ2n) is 4.51. The van der Waals surface area contributed by atoms with Crippen molar-refractivity contribution in [1.82, 2.24) is 4.98 Å². The average molecular weight is 235 g/mol. The number of rotatable bonds is 7. The van der Waals surface area contributed by atoms with Gasteiger partial charge in [-0.25, -0.2) is 4.98 Å². The summed E-state index contributed by atoms with van der Waals surface area (Å²) >= 11 is 0. The first-order chi connectivity index (χ1) is 8.21. The highest BCUT2D eigenvalue weighted by molar-refractivity contribution is 5.42. The summed E-state index contributed by atoms with van der Waals surface area (Å²) in [6.45, 7) is 6.01. The third-order valence-electron chi connectivity index (χ3n) is 3.01. The Bertz CT molecular complexity index is 314. The number of nitrogens with zero attached hydrogens (tertiary/aromatic N) is 2. The van der Waals surface area contributed by atoms with Crippen LogP contribution in [-0.4, -0.2) is 18.6 Å². The predicted molar refractivity (Wildman–Crippen MR) is 74.3 cm³/mol. The summed E-state index contributed by atoms with van der Waals surface area (Å²) < 4.78 is 0. The lowest BCUT2D eigenvalue weighted by Gasteiger charge is -2.19. The molecule has 0 fully saturated rings. The van der Waals surface area contributed by atoms with Gasteiger partial charge in [0.25, 0.3) is 0 Å². The fourth-order valence-corrected chi connectivity index (χ4v) is 1.84. The van der Waals surface area contributed by atoms with E-state index in [2.05, 4.69) is 42.9 Å². The zero-order valence-electron chi connectivity index (χ0n) is 11.4. The largest absolute Gasteiger partial charge is 0.360 e. The van der Waals surface area contributed by atoms with Crippen molar-refractivity contribution in [2.24, 2.45) is 5.73 Å². The Morgan fingerprint density at radius 2 is 2.00 bits per heavy atom. The first-order valence-electron chi connectivity index (χ1n) is 6.62. The zero-order valence-corrected chi connectivity index (χ0v) is 11.4. The van der Waals surface area contributed by atoms with Gasteiger partial charge < -0.3 is 10.6 Å². The highest BCUT2D eigenvalue weighted by atomic mass is 15.2. The molecule has 1 aromatic heterocycles. The topological polar surface area (TPSA) is 42.1 Å². The molecule has 0 spiro atoms. The average Bonchev–Trinajstić information content (AvgIpc) is 2.38. The van der Waals surface area contributed by atoms with Crippen LogP contribution < -0.4 is 10.6 Å². The summed E-state index contributed by atoms with van der Waals surface area (Å²) in [5.74, 6) is 1.06. The van der Waals surface area contributed by atoms with Crippen molar-refractivity contribution in [1.29, 1.82) is 0 Å². The van der Waals surface area contributed by atoms with Gasteiger partial charge in [-0.3, -0.25) is 0 Å². The minimum Gasteiger partial charge on any atom is -0.360 e. The minimum absolute atomic E-state index is 0.589. The van der Waals surface area contributed by atoms with E-state index in [4.69, 9.17) is 5.73 Å². The summed E-state index contributed by atoms with van der Waals surface area (Å²) in [5, 5.41) is 0. The fraction of sp³-hybridized carbons (Fsp3) is 0.643. The maximum Gasteiger partial charge on any atom is 0.128 e. The standard InChI is InChI=1S/C14H25N3/c1-4-6-7-8-17(3)14-10-12(11-15)9-13(5-2)16-14/h9-10H,4-8,11,15H2,1-3H3. The van der Waals surface area contributed by atoms with Crippen molar-refractivity contribution in [2.45, 2.75) is 46.1 Å². The first kappa shape index (κ1) is 14.0. The highest BCUT2D eigenvalue weighted by Crippen LogP contribution is 2.15. The molecule has 17 heavy (non-hydrogen) atoms. The number of hydrogen-bond donors (Lipinski definition) is 1. The lowest BCUT2D eigenvalue weighted by Crippen LogP contribution is -2.20. The number of hydrogen-bond acceptors (Lipinski definition) is 3. The second-order valence-corrected chi connectivity index (χ2v) is 4.51. The van der Waals surface area contributed by atoms with Crippen LogP contribution in [-0.2, 0) is 13.0 Å². The van der Waals surface area contributed by atoms with Gasteiger partial charge in [0, 0.05) is 25.8 Å². The molecule has 3 heteroatoms. The van der Waals surface area contributed by atoms with Crippen LogP contribution in [0, 0.1) is 0 Å². The number of anilines is 1. The van der Waals surface area contributed by atoms with Crippen molar-refractivity contribution in [2.75, 3.05) is 18.5 Å². The van der Waals surface area contributed by atoms with Crippen LogP contribution in [0.15, 0.2) is 12.1 Å². The van der Waals surface area contributed by atoms with Crippen molar-refractivity contribution in [3.8, 4) is 0 Å². The molecule has 0 saturated carbocycles. The lowest BCUT2D eigenvalue weighted by atomic mass is 10.2. The molecule has 3 nitrogen and oxygen atoms in total. The maximum absolute atomic E-state index is 5.72.